The molecular formula is C22H25N3O. The Morgan fingerprint density at radius 2 is 1.65 bits per heavy atom. The van der Waals surface area contributed by atoms with Gasteiger partial charge in [0.1, 0.15) is 0 Å². The predicted octanol–water partition coefficient (Wildman–Crippen LogP) is 4.45. The molecule has 1 aromatic heterocycles. The Morgan fingerprint density at radius 3 is 2.27 bits per heavy atom. The van der Waals surface area contributed by atoms with Gasteiger partial charge < -0.3 is 14.8 Å². The highest BCUT2D eigenvalue weighted by molar-refractivity contribution is 6.00. The van der Waals surface area contributed by atoms with Crippen molar-refractivity contribution in [1.82, 2.24) is 4.57 Å². The number of para-hydroxylation sites is 1. The fourth-order valence-corrected chi connectivity index (χ4v) is 3.17. The molecule has 1 heterocycles. The summed E-state index contributed by atoms with van der Waals surface area (Å²) < 4.78 is 2.12. The molecule has 0 saturated carbocycles. The van der Waals surface area contributed by atoms with E-state index in [2.05, 4.69) is 22.0 Å². The van der Waals surface area contributed by atoms with Gasteiger partial charge in [-0.25, -0.2) is 0 Å². The highest BCUT2D eigenvalue weighted by Gasteiger charge is 2.16. The lowest BCUT2D eigenvalue weighted by atomic mass is 10.1. The first-order valence-electron chi connectivity index (χ1n) is 8.76. The maximum Gasteiger partial charge on any atom is 0.183 e. The molecule has 1 N–H and O–H groups in total. The number of benzene rings is 2. The van der Waals surface area contributed by atoms with E-state index in [1.165, 1.54) is 0 Å². The molecule has 0 atom stereocenters. The van der Waals surface area contributed by atoms with Gasteiger partial charge in [0.05, 0.1) is 6.54 Å². The van der Waals surface area contributed by atoms with Gasteiger partial charge in [-0.05, 0) is 56.3 Å². The van der Waals surface area contributed by atoms with Gasteiger partial charge in [-0.1, -0.05) is 18.2 Å². The van der Waals surface area contributed by atoms with E-state index in [1.54, 1.807) is 0 Å². The van der Waals surface area contributed by atoms with Gasteiger partial charge in [0.2, 0.25) is 0 Å². The Labute approximate surface area is 155 Å². The summed E-state index contributed by atoms with van der Waals surface area (Å²) in [4.78, 5) is 14.8. The van der Waals surface area contributed by atoms with Crippen LogP contribution in [0.1, 0.15) is 21.7 Å². The molecule has 3 aromatic rings. The van der Waals surface area contributed by atoms with E-state index < -0.39 is 0 Å². The van der Waals surface area contributed by atoms with Crippen LogP contribution >= 0.6 is 0 Å². The smallest absolute Gasteiger partial charge is 0.183 e. The lowest BCUT2D eigenvalue weighted by Crippen LogP contribution is -2.15. The van der Waals surface area contributed by atoms with Crippen molar-refractivity contribution >= 4 is 17.2 Å². The van der Waals surface area contributed by atoms with Crippen molar-refractivity contribution in [2.24, 2.45) is 0 Å². The zero-order valence-electron chi connectivity index (χ0n) is 15.8. The molecule has 0 aliphatic heterocycles. The average molecular weight is 347 g/mol. The number of rotatable bonds is 6. The summed E-state index contributed by atoms with van der Waals surface area (Å²) in [5.74, 6) is 0.0944. The Kier molecular flexibility index (Phi) is 5.12. The van der Waals surface area contributed by atoms with Crippen LogP contribution in [0.15, 0.2) is 60.7 Å². The van der Waals surface area contributed by atoms with Crippen LogP contribution in [0.2, 0.25) is 0 Å². The molecule has 0 fully saturated rings. The Balaban J connectivity index is 1.74. The lowest BCUT2D eigenvalue weighted by molar-refractivity contribution is 0.101. The standard InChI is InChI=1S/C22H25N3O/c1-16-14-21(17(2)25(16)20-8-6-5-7-9-20)22(26)15-23-18-10-12-19(13-11-18)24(3)4/h5-14,23H,15H2,1-4H3. The van der Waals surface area contributed by atoms with Gasteiger partial charge in [0.15, 0.2) is 5.78 Å². The largest absolute Gasteiger partial charge is 0.378 e. The topological polar surface area (TPSA) is 37.3 Å². The van der Waals surface area contributed by atoms with Gasteiger partial charge in [0.25, 0.3) is 0 Å². The van der Waals surface area contributed by atoms with Gasteiger partial charge in [-0.3, -0.25) is 4.79 Å². The number of carbonyl (C=O) groups is 1. The molecule has 4 heteroatoms. The number of Topliss-reactive ketones (excluding diaryl/α,β-unsaturated/α-hetero) is 1. The van der Waals surface area contributed by atoms with Crippen LogP contribution in [0.25, 0.3) is 5.69 Å². The number of aromatic nitrogens is 1. The van der Waals surface area contributed by atoms with Gasteiger partial charge in [-0.2, -0.15) is 0 Å². The van der Waals surface area contributed by atoms with Crippen LogP contribution in [0, 0.1) is 13.8 Å². The maximum absolute atomic E-state index is 12.7. The molecule has 0 amide bonds. The highest BCUT2D eigenvalue weighted by atomic mass is 16.1. The van der Waals surface area contributed by atoms with Crippen molar-refractivity contribution in [3.63, 3.8) is 0 Å². The predicted molar refractivity (Wildman–Crippen MR) is 109 cm³/mol. The van der Waals surface area contributed by atoms with Gasteiger partial charge >= 0.3 is 0 Å². The summed E-state index contributed by atoms with van der Waals surface area (Å²) in [6.07, 6.45) is 0. The number of aryl methyl sites for hydroxylation is 1. The van der Waals surface area contributed by atoms with Crippen molar-refractivity contribution in [3.8, 4) is 5.69 Å². The summed E-state index contributed by atoms with van der Waals surface area (Å²) in [6, 6.07) is 20.2. The molecule has 134 valence electrons. The third kappa shape index (κ3) is 3.64. The van der Waals surface area contributed by atoms with Crippen LogP contribution in [0.4, 0.5) is 11.4 Å². The molecule has 2 aromatic carbocycles. The molecule has 0 aliphatic carbocycles. The first-order chi connectivity index (χ1) is 12.5. The summed E-state index contributed by atoms with van der Waals surface area (Å²) in [5.41, 5.74) is 5.96. The summed E-state index contributed by atoms with van der Waals surface area (Å²) in [5, 5.41) is 3.23. The fraction of sp³-hybridized carbons (Fsp3) is 0.227. The number of hydrogen-bond donors (Lipinski definition) is 1. The SMILES string of the molecule is Cc1cc(C(=O)CNc2ccc(N(C)C)cc2)c(C)n1-c1ccccc1. The van der Waals surface area contributed by atoms with Crippen LogP contribution in [-0.2, 0) is 0 Å². The number of nitrogens with zero attached hydrogens (tertiary/aromatic N) is 2. The number of hydrogen-bond acceptors (Lipinski definition) is 3. The minimum atomic E-state index is 0.0944. The van der Waals surface area contributed by atoms with E-state index in [0.717, 1.165) is 34.0 Å². The summed E-state index contributed by atoms with van der Waals surface area (Å²) in [7, 11) is 4.02. The second kappa shape index (κ2) is 7.48. The summed E-state index contributed by atoms with van der Waals surface area (Å²) in [6.45, 7) is 4.31. The fourth-order valence-electron chi connectivity index (χ4n) is 3.17. The molecule has 0 saturated heterocycles. The molecule has 0 unspecified atom stereocenters. The molecule has 3 rings (SSSR count). The first-order valence-corrected chi connectivity index (χ1v) is 8.76. The molecule has 0 spiro atoms. The number of carbonyl (C=O) groups excluding carboxylic acids is 1. The highest BCUT2D eigenvalue weighted by Crippen LogP contribution is 2.21. The molecule has 0 aliphatic rings. The van der Waals surface area contributed by atoms with Gasteiger partial charge in [0, 0.05) is 48.1 Å². The number of nitrogens with one attached hydrogen (secondary N) is 1. The third-order valence-corrected chi connectivity index (χ3v) is 4.58. The van der Waals surface area contributed by atoms with Crippen molar-refractivity contribution in [3.05, 3.63) is 77.6 Å². The van der Waals surface area contributed by atoms with Crippen molar-refractivity contribution in [1.29, 1.82) is 0 Å². The Hall–Kier alpha value is -3.01. The Morgan fingerprint density at radius 1 is 1.00 bits per heavy atom. The molecular weight excluding hydrogens is 322 g/mol. The van der Waals surface area contributed by atoms with Crippen LogP contribution in [0.3, 0.4) is 0 Å². The zero-order chi connectivity index (χ0) is 18.7. The normalized spacial score (nSPS) is 10.6. The number of ketones is 1. The van der Waals surface area contributed by atoms with E-state index in [4.69, 9.17) is 0 Å². The minimum Gasteiger partial charge on any atom is -0.378 e. The van der Waals surface area contributed by atoms with E-state index in [9.17, 15) is 4.79 Å². The summed E-state index contributed by atoms with van der Waals surface area (Å²) >= 11 is 0. The van der Waals surface area contributed by atoms with Crippen molar-refractivity contribution < 1.29 is 4.79 Å². The van der Waals surface area contributed by atoms with Crippen LogP contribution < -0.4 is 10.2 Å². The monoisotopic (exact) mass is 347 g/mol. The molecule has 4 nitrogen and oxygen atoms in total. The zero-order valence-corrected chi connectivity index (χ0v) is 15.8. The number of anilines is 2. The second-order valence-corrected chi connectivity index (χ2v) is 6.67. The van der Waals surface area contributed by atoms with Crippen LogP contribution in [-0.4, -0.2) is 31.0 Å². The molecule has 0 radical (unpaired) electrons. The van der Waals surface area contributed by atoms with Crippen molar-refractivity contribution in [2.45, 2.75) is 13.8 Å². The van der Waals surface area contributed by atoms with E-state index >= 15 is 0 Å². The molecule has 26 heavy (non-hydrogen) atoms. The Bertz CT molecular complexity index is 893. The molecule has 0 bridgehead atoms. The van der Waals surface area contributed by atoms with E-state index in [-0.39, 0.29) is 12.3 Å². The van der Waals surface area contributed by atoms with Crippen molar-refractivity contribution in [2.75, 3.05) is 30.9 Å². The van der Waals surface area contributed by atoms with E-state index in [0.29, 0.717) is 0 Å². The van der Waals surface area contributed by atoms with Crippen LogP contribution in [0.5, 0.6) is 0 Å². The quantitative estimate of drug-likeness (QED) is 0.669. The second-order valence-electron chi connectivity index (χ2n) is 6.67. The average Bonchev–Trinajstić information content (AvgIpc) is 2.95. The minimum absolute atomic E-state index is 0.0944. The maximum atomic E-state index is 12.7. The van der Waals surface area contributed by atoms with Gasteiger partial charge in [-0.15, -0.1) is 0 Å². The first kappa shape index (κ1) is 17.8. The lowest BCUT2D eigenvalue weighted by Gasteiger charge is -2.13. The van der Waals surface area contributed by atoms with E-state index in [1.807, 2.05) is 81.4 Å². The third-order valence-electron chi connectivity index (χ3n) is 4.58.